The zero-order valence-corrected chi connectivity index (χ0v) is 17.7. The Hall–Kier alpha value is -3.13. The van der Waals surface area contributed by atoms with Crippen molar-refractivity contribution in [3.63, 3.8) is 0 Å². The molecular formula is C23H19BN2O4S. The predicted octanol–water partition coefficient (Wildman–Crippen LogP) is 3.86. The van der Waals surface area contributed by atoms with Gasteiger partial charge in [-0.1, -0.05) is 54.2 Å². The van der Waals surface area contributed by atoms with E-state index in [0.717, 1.165) is 28.6 Å². The zero-order valence-electron chi connectivity index (χ0n) is 16.9. The second-order valence-corrected chi connectivity index (χ2v) is 8.72. The van der Waals surface area contributed by atoms with E-state index in [4.69, 9.17) is 12.3 Å². The normalized spacial score (nSPS) is 18.2. The van der Waals surface area contributed by atoms with Crippen LogP contribution in [0.25, 0.3) is 11.5 Å². The highest BCUT2D eigenvalue weighted by Crippen LogP contribution is 2.32. The van der Waals surface area contributed by atoms with Gasteiger partial charge in [0.1, 0.15) is 13.6 Å². The summed E-state index contributed by atoms with van der Waals surface area (Å²) in [6, 6.07) is 16.6. The molecule has 0 spiro atoms. The Bertz CT molecular complexity index is 1140. The van der Waals surface area contributed by atoms with E-state index in [1.165, 1.54) is 0 Å². The van der Waals surface area contributed by atoms with E-state index in [9.17, 15) is 14.4 Å². The van der Waals surface area contributed by atoms with Crippen molar-refractivity contribution in [2.24, 2.45) is 0 Å². The molecular weight excluding hydrogens is 411 g/mol. The fraction of sp³-hybridized carbons (Fsp3) is 0.217. The molecule has 31 heavy (non-hydrogen) atoms. The number of benzene rings is 2. The van der Waals surface area contributed by atoms with Crippen LogP contribution < -0.4 is 5.32 Å². The van der Waals surface area contributed by atoms with Gasteiger partial charge in [0.2, 0.25) is 11.8 Å². The van der Waals surface area contributed by atoms with Crippen LogP contribution in [0, 0.1) is 6.92 Å². The number of nitrogens with one attached hydrogen (secondary N) is 1. The first-order valence-electron chi connectivity index (χ1n) is 9.81. The van der Waals surface area contributed by atoms with E-state index in [1.807, 2.05) is 37.3 Å². The number of aryl methyl sites for hydroxylation is 2. The van der Waals surface area contributed by atoms with Crippen molar-refractivity contribution >= 4 is 36.5 Å². The Morgan fingerprint density at radius 3 is 2.48 bits per heavy atom. The van der Waals surface area contributed by atoms with Gasteiger partial charge in [0.05, 0.1) is 10.3 Å². The van der Waals surface area contributed by atoms with Gasteiger partial charge in [0.15, 0.2) is 5.78 Å². The molecule has 2 heterocycles. The molecule has 0 aliphatic carbocycles. The summed E-state index contributed by atoms with van der Waals surface area (Å²) >= 11 is 0.784. The van der Waals surface area contributed by atoms with Crippen molar-refractivity contribution in [2.75, 3.05) is 0 Å². The Balaban J connectivity index is 1.38. The van der Waals surface area contributed by atoms with Crippen LogP contribution in [0.1, 0.15) is 33.8 Å². The second-order valence-electron chi connectivity index (χ2n) is 7.42. The molecule has 2 radical (unpaired) electrons. The number of carbonyl (C=O) groups excluding carboxylic acids is 3. The number of ketones is 1. The van der Waals surface area contributed by atoms with E-state index in [1.54, 1.807) is 24.3 Å². The Kier molecular flexibility index (Phi) is 5.82. The molecule has 1 aliphatic rings. The molecule has 4 rings (SSSR count). The molecule has 1 aromatic heterocycles. The molecule has 1 N–H and O–H groups in total. The number of hydrogen-bond acceptors (Lipinski definition) is 6. The minimum atomic E-state index is -1.32. The molecule has 1 aliphatic heterocycles. The first-order valence-corrected chi connectivity index (χ1v) is 10.6. The largest absolute Gasteiger partial charge is 0.441 e. The SMILES string of the molecule is [B][C@]1(Cc2ccc(C(=O)CCc3nc(-c4ccccc4)oc3C)cc2)SC(=O)NC1=O. The van der Waals surface area contributed by atoms with Gasteiger partial charge >= 0.3 is 0 Å². The zero-order chi connectivity index (χ0) is 22.0. The number of oxazole rings is 1. The van der Waals surface area contributed by atoms with Crippen molar-refractivity contribution in [2.45, 2.75) is 30.8 Å². The predicted molar refractivity (Wildman–Crippen MR) is 119 cm³/mol. The molecule has 0 unspecified atom stereocenters. The number of amides is 2. The van der Waals surface area contributed by atoms with Gasteiger partial charge < -0.3 is 4.42 Å². The van der Waals surface area contributed by atoms with Gasteiger partial charge in [-0.05, 0) is 31.0 Å². The summed E-state index contributed by atoms with van der Waals surface area (Å²) < 4.78 is 4.43. The van der Waals surface area contributed by atoms with Gasteiger partial charge in [0, 0.05) is 24.0 Å². The van der Waals surface area contributed by atoms with Crippen molar-refractivity contribution < 1.29 is 18.8 Å². The lowest BCUT2D eigenvalue weighted by Gasteiger charge is -2.18. The van der Waals surface area contributed by atoms with E-state index < -0.39 is 15.8 Å². The first kappa shape index (κ1) is 21.1. The maximum atomic E-state index is 12.6. The number of hydrogen-bond donors (Lipinski definition) is 1. The molecule has 1 atom stereocenters. The minimum Gasteiger partial charge on any atom is -0.441 e. The van der Waals surface area contributed by atoms with E-state index in [2.05, 4.69) is 10.3 Å². The summed E-state index contributed by atoms with van der Waals surface area (Å²) in [5, 5.41) is 1.75. The number of thioether (sulfide) groups is 1. The Labute approximate surface area is 185 Å². The molecule has 2 amide bonds. The molecule has 1 fully saturated rings. The molecule has 0 bridgehead atoms. The van der Waals surface area contributed by atoms with Crippen LogP contribution in [0.2, 0.25) is 0 Å². The Morgan fingerprint density at radius 1 is 1.13 bits per heavy atom. The van der Waals surface area contributed by atoms with Crippen molar-refractivity contribution in [1.82, 2.24) is 10.3 Å². The van der Waals surface area contributed by atoms with E-state index in [-0.39, 0.29) is 12.2 Å². The highest BCUT2D eigenvalue weighted by atomic mass is 32.2. The number of imide groups is 1. The molecule has 6 nitrogen and oxygen atoms in total. The van der Waals surface area contributed by atoms with E-state index in [0.29, 0.717) is 30.1 Å². The topological polar surface area (TPSA) is 89.3 Å². The number of carbonyl (C=O) groups is 3. The number of nitrogens with zero attached hydrogens (tertiary/aromatic N) is 1. The highest BCUT2D eigenvalue weighted by Gasteiger charge is 2.42. The van der Waals surface area contributed by atoms with Crippen LogP contribution in [0.15, 0.2) is 59.0 Å². The monoisotopic (exact) mass is 430 g/mol. The van der Waals surface area contributed by atoms with Crippen molar-refractivity contribution in [3.05, 3.63) is 77.2 Å². The molecule has 8 heteroatoms. The van der Waals surface area contributed by atoms with Crippen LogP contribution in [-0.4, -0.2) is 34.4 Å². The maximum Gasteiger partial charge on any atom is 0.285 e. The third-order valence-electron chi connectivity index (χ3n) is 5.12. The first-order chi connectivity index (χ1) is 14.8. The summed E-state index contributed by atoms with van der Waals surface area (Å²) in [5.74, 6) is 0.742. The van der Waals surface area contributed by atoms with E-state index >= 15 is 0 Å². The molecule has 1 saturated heterocycles. The lowest BCUT2D eigenvalue weighted by molar-refractivity contribution is -0.119. The maximum absolute atomic E-state index is 12.6. The van der Waals surface area contributed by atoms with Crippen LogP contribution in [0.4, 0.5) is 4.79 Å². The smallest absolute Gasteiger partial charge is 0.285 e. The summed E-state index contributed by atoms with van der Waals surface area (Å²) in [4.78, 5) is 40.4. The number of rotatable bonds is 7. The molecule has 2 aromatic carbocycles. The fourth-order valence-electron chi connectivity index (χ4n) is 3.40. The van der Waals surface area contributed by atoms with Gasteiger partial charge in [0.25, 0.3) is 5.24 Å². The third-order valence-corrected chi connectivity index (χ3v) is 6.10. The molecule has 154 valence electrons. The average molecular weight is 430 g/mol. The van der Waals surface area contributed by atoms with Crippen molar-refractivity contribution in [3.8, 4) is 11.5 Å². The van der Waals surface area contributed by atoms with Gasteiger partial charge in [-0.2, -0.15) is 0 Å². The Morgan fingerprint density at radius 2 is 1.84 bits per heavy atom. The van der Waals surface area contributed by atoms with Crippen LogP contribution in [0.5, 0.6) is 0 Å². The van der Waals surface area contributed by atoms with Crippen LogP contribution >= 0.6 is 11.8 Å². The third kappa shape index (κ3) is 4.64. The van der Waals surface area contributed by atoms with Crippen LogP contribution in [0.3, 0.4) is 0 Å². The summed E-state index contributed by atoms with van der Waals surface area (Å²) in [5.41, 5.74) is 3.00. The second kappa shape index (κ2) is 8.55. The molecule has 0 saturated carbocycles. The minimum absolute atomic E-state index is 0.0131. The molecule has 3 aromatic rings. The average Bonchev–Trinajstić information content (AvgIpc) is 3.25. The highest BCUT2D eigenvalue weighted by molar-refractivity contribution is 8.17. The van der Waals surface area contributed by atoms with Gasteiger partial charge in [-0.3, -0.25) is 19.7 Å². The summed E-state index contributed by atoms with van der Waals surface area (Å²) in [7, 11) is 6.04. The van der Waals surface area contributed by atoms with Gasteiger partial charge in [-0.15, -0.1) is 0 Å². The summed E-state index contributed by atoms with van der Waals surface area (Å²) in [6.07, 6.45) is 0.978. The summed E-state index contributed by atoms with van der Waals surface area (Å²) in [6.45, 7) is 1.85. The van der Waals surface area contributed by atoms with Crippen LogP contribution in [-0.2, 0) is 17.6 Å². The lowest BCUT2D eigenvalue weighted by Crippen LogP contribution is -2.39. The van der Waals surface area contributed by atoms with Crippen molar-refractivity contribution in [1.29, 1.82) is 0 Å². The number of Topliss-reactive ketones (excluding diaryl/α,β-unsaturated/α-hetero) is 1. The van der Waals surface area contributed by atoms with Gasteiger partial charge in [-0.25, -0.2) is 4.98 Å². The quantitative estimate of drug-likeness (QED) is 0.453. The fourth-order valence-corrected chi connectivity index (χ4v) is 4.26. The standard InChI is InChI=1S/C23H19BN2O4S/c1-14-18(25-20(30-14)17-5-3-2-4-6-17)11-12-19(27)16-9-7-15(8-10-16)13-23(24)21(28)26-22(29)31-23/h2-10H,11-13H2,1H3,(H,26,28,29)/t23-/m1/s1. The lowest BCUT2D eigenvalue weighted by atomic mass is 9.80. The number of aromatic nitrogens is 1.